The quantitative estimate of drug-likeness (QED) is 0.791. The van der Waals surface area contributed by atoms with Gasteiger partial charge in [-0.1, -0.05) is 6.92 Å². The monoisotopic (exact) mass is 297 g/mol. The van der Waals surface area contributed by atoms with Gasteiger partial charge in [0, 0.05) is 18.1 Å². The molecule has 1 fully saturated rings. The van der Waals surface area contributed by atoms with E-state index >= 15 is 0 Å². The first-order valence-electron chi connectivity index (χ1n) is 8.53. The van der Waals surface area contributed by atoms with E-state index in [1.54, 1.807) is 0 Å². The van der Waals surface area contributed by atoms with Crippen LogP contribution in [-0.2, 0) is 4.79 Å². The molecule has 0 aliphatic carbocycles. The molecule has 1 heterocycles. The molecule has 1 aliphatic heterocycles. The van der Waals surface area contributed by atoms with Crippen LogP contribution in [0.4, 0.5) is 0 Å². The Labute approximate surface area is 131 Å². The summed E-state index contributed by atoms with van der Waals surface area (Å²) in [6.07, 6.45) is 3.76. The smallest absolute Gasteiger partial charge is 0.237 e. The van der Waals surface area contributed by atoms with Crippen molar-refractivity contribution in [3.63, 3.8) is 0 Å². The Bertz CT molecular complexity index is 322. The molecule has 4 heteroatoms. The van der Waals surface area contributed by atoms with Crippen molar-refractivity contribution in [3.05, 3.63) is 0 Å². The van der Waals surface area contributed by atoms with Gasteiger partial charge in [0.25, 0.3) is 0 Å². The second-order valence-electron chi connectivity index (χ2n) is 7.62. The number of rotatable bonds is 6. The number of carbonyl (C=O) groups excluding carboxylic acids is 1. The largest absolute Gasteiger partial charge is 0.350 e. The summed E-state index contributed by atoms with van der Waals surface area (Å²) >= 11 is 0. The van der Waals surface area contributed by atoms with Gasteiger partial charge in [0.1, 0.15) is 0 Å². The number of hydrogen-bond acceptors (Lipinski definition) is 3. The normalized spacial score (nSPS) is 23.6. The van der Waals surface area contributed by atoms with Crippen molar-refractivity contribution >= 4 is 5.91 Å². The van der Waals surface area contributed by atoms with E-state index in [4.69, 9.17) is 0 Å². The lowest BCUT2D eigenvalue weighted by atomic mass is 9.91. The molecule has 0 bridgehead atoms. The lowest BCUT2D eigenvalue weighted by molar-refractivity contribution is -0.124. The van der Waals surface area contributed by atoms with Crippen LogP contribution in [0, 0.1) is 5.92 Å². The second kappa shape index (κ2) is 8.14. The fraction of sp³-hybridized carbons (Fsp3) is 0.941. The summed E-state index contributed by atoms with van der Waals surface area (Å²) in [4.78, 5) is 14.7. The second-order valence-corrected chi connectivity index (χ2v) is 7.62. The van der Waals surface area contributed by atoms with E-state index in [2.05, 4.69) is 29.4 Å². The highest BCUT2D eigenvalue weighted by atomic mass is 16.2. The molecule has 0 aromatic carbocycles. The molecular weight excluding hydrogens is 262 g/mol. The molecule has 4 nitrogen and oxygen atoms in total. The maximum absolute atomic E-state index is 12.2. The molecular formula is C17H35N3O. The van der Waals surface area contributed by atoms with Gasteiger partial charge in [-0.25, -0.2) is 0 Å². The minimum Gasteiger partial charge on any atom is -0.350 e. The van der Waals surface area contributed by atoms with Crippen LogP contribution in [0.3, 0.4) is 0 Å². The van der Waals surface area contributed by atoms with Crippen molar-refractivity contribution in [2.75, 3.05) is 19.6 Å². The van der Waals surface area contributed by atoms with Crippen LogP contribution in [0.5, 0.6) is 0 Å². The number of nitrogens with one attached hydrogen (secondary N) is 2. The molecule has 21 heavy (non-hydrogen) atoms. The van der Waals surface area contributed by atoms with E-state index in [1.807, 2.05) is 27.7 Å². The van der Waals surface area contributed by atoms with Crippen LogP contribution in [0.1, 0.15) is 60.8 Å². The van der Waals surface area contributed by atoms with Gasteiger partial charge in [0.05, 0.1) is 6.04 Å². The minimum absolute atomic E-state index is 0.0931. The number of piperidine rings is 1. The molecule has 0 aromatic heterocycles. The molecule has 2 N–H and O–H groups in total. The zero-order valence-corrected chi connectivity index (χ0v) is 14.8. The molecule has 1 rings (SSSR count). The summed E-state index contributed by atoms with van der Waals surface area (Å²) in [5.74, 6) is 0.741. The van der Waals surface area contributed by atoms with Crippen LogP contribution in [0.25, 0.3) is 0 Å². The van der Waals surface area contributed by atoms with Gasteiger partial charge in [-0.15, -0.1) is 0 Å². The Morgan fingerprint density at radius 3 is 2.57 bits per heavy atom. The van der Waals surface area contributed by atoms with Gasteiger partial charge in [-0.3, -0.25) is 4.79 Å². The van der Waals surface area contributed by atoms with Crippen LogP contribution >= 0.6 is 0 Å². The number of nitrogens with zero attached hydrogens (tertiary/aromatic N) is 1. The van der Waals surface area contributed by atoms with Crippen molar-refractivity contribution in [2.45, 2.75) is 78.4 Å². The Balaban J connectivity index is 2.44. The summed E-state index contributed by atoms with van der Waals surface area (Å²) in [5, 5.41) is 6.54. The van der Waals surface area contributed by atoms with E-state index in [-0.39, 0.29) is 17.5 Å². The van der Waals surface area contributed by atoms with Crippen LogP contribution < -0.4 is 10.6 Å². The predicted octanol–water partition coefficient (Wildman–Crippen LogP) is 2.39. The van der Waals surface area contributed by atoms with Crippen LogP contribution in [0.2, 0.25) is 0 Å². The number of amides is 1. The van der Waals surface area contributed by atoms with Crippen molar-refractivity contribution < 1.29 is 4.79 Å². The van der Waals surface area contributed by atoms with E-state index in [0.717, 1.165) is 6.54 Å². The van der Waals surface area contributed by atoms with Crippen molar-refractivity contribution in [3.8, 4) is 0 Å². The fourth-order valence-electron chi connectivity index (χ4n) is 3.10. The number of likely N-dealkylation sites (tertiary alicyclic amines) is 1. The summed E-state index contributed by atoms with van der Waals surface area (Å²) in [5.41, 5.74) is -0.168. The molecule has 3 unspecified atom stereocenters. The zero-order valence-electron chi connectivity index (χ0n) is 14.8. The number of carbonyl (C=O) groups is 1. The van der Waals surface area contributed by atoms with E-state index < -0.39 is 0 Å². The minimum atomic E-state index is -0.168. The summed E-state index contributed by atoms with van der Waals surface area (Å²) in [7, 11) is 0. The van der Waals surface area contributed by atoms with Crippen molar-refractivity contribution in [1.82, 2.24) is 15.5 Å². The molecule has 0 spiro atoms. The van der Waals surface area contributed by atoms with Crippen LogP contribution in [-0.4, -0.2) is 48.1 Å². The van der Waals surface area contributed by atoms with Gasteiger partial charge in [0.15, 0.2) is 0 Å². The van der Waals surface area contributed by atoms with Crippen molar-refractivity contribution in [2.24, 2.45) is 5.92 Å². The van der Waals surface area contributed by atoms with Gasteiger partial charge < -0.3 is 15.5 Å². The van der Waals surface area contributed by atoms with Gasteiger partial charge >= 0.3 is 0 Å². The summed E-state index contributed by atoms with van der Waals surface area (Å²) < 4.78 is 0. The third-order valence-corrected chi connectivity index (χ3v) is 4.19. The van der Waals surface area contributed by atoms with Crippen molar-refractivity contribution in [1.29, 1.82) is 0 Å². The lowest BCUT2D eigenvalue weighted by Crippen LogP contribution is -2.54. The SMILES string of the molecule is CCCN1CCCC(C(C)NC(C)C(=O)NC(C)(C)C)C1. The molecule has 0 aromatic rings. The van der Waals surface area contributed by atoms with Gasteiger partial charge in [-0.2, -0.15) is 0 Å². The van der Waals surface area contributed by atoms with E-state index in [9.17, 15) is 4.79 Å². The van der Waals surface area contributed by atoms with Gasteiger partial charge in [-0.05, 0) is 72.9 Å². The Kier molecular flexibility index (Phi) is 7.14. The highest BCUT2D eigenvalue weighted by Crippen LogP contribution is 2.20. The molecule has 0 saturated carbocycles. The Hall–Kier alpha value is -0.610. The molecule has 0 radical (unpaired) electrons. The fourth-order valence-corrected chi connectivity index (χ4v) is 3.10. The maximum atomic E-state index is 12.2. The predicted molar refractivity (Wildman–Crippen MR) is 89.4 cm³/mol. The molecule has 3 atom stereocenters. The Morgan fingerprint density at radius 1 is 1.33 bits per heavy atom. The highest BCUT2D eigenvalue weighted by Gasteiger charge is 2.27. The summed E-state index contributed by atoms with van der Waals surface area (Å²) in [6, 6.07) is 0.242. The summed E-state index contributed by atoms with van der Waals surface area (Å²) in [6.45, 7) is 16.1. The topological polar surface area (TPSA) is 44.4 Å². The Morgan fingerprint density at radius 2 is 2.00 bits per heavy atom. The third kappa shape index (κ3) is 6.79. The first-order valence-corrected chi connectivity index (χ1v) is 8.53. The number of hydrogen-bond donors (Lipinski definition) is 2. The first kappa shape index (κ1) is 18.4. The average Bonchev–Trinajstić information content (AvgIpc) is 2.37. The van der Waals surface area contributed by atoms with E-state index in [1.165, 1.54) is 32.4 Å². The average molecular weight is 297 g/mol. The van der Waals surface area contributed by atoms with Crippen LogP contribution in [0.15, 0.2) is 0 Å². The molecule has 1 amide bonds. The zero-order chi connectivity index (χ0) is 16.0. The maximum Gasteiger partial charge on any atom is 0.237 e. The molecule has 1 saturated heterocycles. The third-order valence-electron chi connectivity index (χ3n) is 4.19. The standard InChI is InChI=1S/C17H35N3O/c1-7-10-20-11-8-9-15(12-20)13(2)18-14(3)16(21)19-17(4,5)6/h13-15,18H,7-12H2,1-6H3,(H,19,21). The van der Waals surface area contributed by atoms with E-state index in [0.29, 0.717) is 12.0 Å². The van der Waals surface area contributed by atoms with Gasteiger partial charge in [0.2, 0.25) is 5.91 Å². The first-order chi connectivity index (χ1) is 9.73. The molecule has 124 valence electrons. The lowest BCUT2D eigenvalue weighted by Gasteiger charge is -2.37. The molecule has 1 aliphatic rings. The highest BCUT2D eigenvalue weighted by molar-refractivity contribution is 5.81.